The summed E-state index contributed by atoms with van der Waals surface area (Å²) in [7, 11) is 0. The van der Waals surface area contributed by atoms with Gasteiger partial charge in [-0.05, 0) is 36.3 Å². The lowest BCUT2D eigenvalue weighted by atomic mass is 10.1. The number of ether oxygens (including phenoxy) is 1. The van der Waals surface area contributed by atoms with Gasteiger partial charge in [-0.25, -0.2) is 4.98 Å². The third-order valence-electron chi connectivity index (χ3n) is 3.82. The van der Waals surface area contributed by atoms with Crippen molar-refractivity contribution < 1.29 is 9.53 Å². The molecule has 1 aromatic heterocycles. The van der Waals surface area contributed by atoms with Gasteiger partial charge in [0, 0.05) is 23.7 Å². The SMILES string of the molecule is CCc1ccccc1NC(=O)c1ccc(OC2CCSC2)nc1. The molecule has 5 heteroatoms. The summed E-state index contributed by atoms with van der Waals surface area (Å²) >= 11 is 1.90. The second kappa shape index (κ2) is 7.51. The number of rotatable bonds is 5. The number of benzene rings is 1. The molecule has 4 nitrogen and oxygen atoms in total. The van der Waals surface area contributed by atoms with Crippen LogP contribution in [0.5, 0.6) is 5.88 Å². The third kappa shape index (κ3) is 4.05. The van der Waals surface area contributed by atoms with Gasteiger partial charge in [-0.3, -0.25) is 4.79 Å². The van der Waals surface area contributed by atoms with Crippen molar-refractivity contribution >= 4 is 23.4 Å². The Morgan fingerprint density at radius 3 is 2.91 bits per heavy atom. The largest absolute Gasteiger partial charge is 0.473 e. The lowest BCUT2D eigenvalue weighted by Gasteiger charge is -2.12. The zero-order valence-electron chi connectivity index (χ0n) is 13.1. The molecule has 1 aromatic carbocycles. The van der Waals surface area contributed by atoms with Crippen LogP contribution in [-0.4, -0.2) is 28.5 Å². The van der Waals surface area contributed by atoms with E-state index in [1.165, 1.54) is 0 Å². The molecule has 0 spiro atoms. The Balaban J connectivity index is 1.65. The summed E-state index contributed by atoms with van der Waals surface area (Å²) < 4.78 is 5.80. The number of para-hydroxylation sites is 1. The molecule has 2 aromatic rings. The van der Waals surface area contributed by atoms with E-state index in [0.717, 1.165) is 35.6 Å². The summed E-state index contributed by atoms with van der Waals surface area (Å²) in [5.41, 5.74) is 2.50. The number of aromatic nitrogens is 1. The van der Waals surface area contributed by atoms with Gasteiger partial charge in [0.1, 0.15) is 6.10 Å². The fraction of sp³-hybridized carbons (Fsp3) is 0.333. The highest BCUT2D eigenvalue weighted by molar-refractivity contribution is 7.99. The van der Waals surface area contributed by atoms with Crippen LogP contribution in [0.1, 0.15) is 29.3 Å². The Morgan fingerprint density at radius 1 is 1.35 bits per heavy atom. The van der Waals surface area contributed by atoms with E-state index < -0.39 is 0 Å². The summed E-state index contributed by atoms with van der Waals surface area (Å²) in [6.45, 7) is 2.07. The molecule has 1 amide bonds. The van der Waals surface area contributed by atoms with Gasteiger partial charge >= 0.3 is 0 Å². The first-order chi connectivity index (χ1) is 11.3. The molecule has 1 N–H and O–H groups in total. The molecule has 2 heterocycles. The Kier molecular flexibility index (Phi) is 5.18. The van der Waals surface area contributed by atoms with E-state index in [2.05, 4.69) is 17.2 Å². The molecule has 0 radical (unpaired) electrons. The minimum atomic E-state index is -0.152. The molecule has 1 atom stereocenters. The summed E-state index contributed by atoms with van der Waals surface area (Å²) in [6.07, 6.45) is 3.74. The summed E-state index contributed by atoms with van der Waals surface area (Å²) in [5.74, 6) is 2.59. The van der Waals surface area contributed by atoms with E-state index in [9.17, 15) is 4.79 Å². The molecular formula is C18H20N2O2S. The first-order valence-electron chi connectivity index (χ1n) is 7.86. The molecular weight excluding hydrogens is 308 g/mol. The zero-order valence-corrected chi connectivity index (χ0v) is 13.9. The molecule has 3 rings (SSSR count). The highest BCUT2D eigenvalue weighted by Gasteiger charge is 2.17. The number of anilines is 1. The van der Waals surface area contributed by atoms with Gasteiger partial charge in [-0.15, -0.1) is 0 Å². The first-order valence-corrected chi connectivity index (χ1v) is 9.01. The zero-order chi connectivity index (χ0) is 16.1. The maximum Gasteiger partial charge on any atom is 0.257 e. The Morgan fingerprint density at radius 2 is 2.22 bits per heavy atom. The Labute approximate surface area is 140 Å². The maximum atomic E-state index is 12.3. The highest BCUT2D eigenvalue weighted by atomic mass is 32.2. The van der Waals surface area contributed by atoms with E-state index >= 15 is 0 Å². The van der Waals surface area contributed by atoms with Crippen LogP contribution >= 0.6 is 11.8 Å². The third-order valence-corrected chi connectivity index (χ3v) is 4.95. The predicted octanol–water partition coefficient (Wildman–Crippen LogP) is 3.78. The molecule has 0 saturated carbocycles. The molecule has 0 bridgehead atoms. The van der Waals surface area contributed by atoms with E-state index in [-0.39, 0.29) is 12.0 Å². The van der Waals surface area contributed by atoms with Gasteiger partial charge in [-0.1, -0.05) is 25.1 Å². The van der Waals surface area contributed by atoms with Crippen molar-refractivity contribution in [3.05, 3.63) is 53.7 Å². The highest BCUT2D eigenvalue weighted by Crippen LogP contribution is 2.22. The Bertz CT molecular complexity index is 667. The number of nitrogens with zero attached hydrogens (tertiary/aromatic N) is 1. The van der Waals surface area contributed by atoms with Gasteiger partial charge in [-0.2, -0.15) is 11.8 Å². The van der Waals surface area contributed by atoms with Crippen molar-refractivity contribution in [2.75, 3.05) is 16.8 Å². The van der Waals surface area contributed by atoms with Gasteiger partial charge in [0.2, 0.25) is 5.88 Å². The van der Waals surface area contributed by atoms with Crippen molar-refractivity contribution in [3.8, 4) is 5.88 Å². The average molecular weight is 328 g/mol. The lowest BCUT2D eigenvalue weighted by Crippen LogP contribution is -2.16. The van der Waals surface area contributed by atoms with Crippen molar-refractivity contribution in [3.63, 3.8) is 0 Å². The van der Waals surface area contributed by atoms with Gasteiger partial charge in [0.05, 0.1) is 5.56 Å². The van der Waals surface area contributed by atoms with Crippen LogP contribution in [0.25, 0.3) is 0 Å². The second-order valence-corrected chi connectivity index (χ2v) is 6.60. The number of carbonyl (C=O) groups is 1. The standard InChI is InChI=1S/C18H20N2O2S/c1-2-13-5-3-4-6-16(13)20-18(21)14-7-8-17(19-11-14)22-15-9-10-23-12-15/h3-8,11,15H,2,9-10,12H2,1H3,(H,20,21). The number of amides is 1. The van der Waals surface area contributed by atoms with Crippen molar-refractivity contribution in [1.82, 2.24) is 4.98 Å². The molecule has 1 unspecified atom stereocenters. The van der Waals surface area contributed by atoms with Crippen LogP contribution in [0.4, 0.5) is 5.69 Å². The van der Waals surface area contributed by atoms with E-state index in [0.29, 0.717) is 11.4 Å². The number of carbonyl (C=O) groups excluding carboxylic acids is 1. The number of nitrogens with one attached hydrogen (secondary N) is 1. The summed E-state index contributed by atoms with van der Waals surface area (Å²) in [5, 5.41) is 2.95. The molecule has 23 heavy (non-hydrogen) atoms. The fourth-order valence-electron chi connectivity index (χ4n) is 2.51. The van der Waals surface area contributed by atoms with E-state index in [1.807, 2.05) is 36.0 Å². The van der Waals surface area contributed by atoms with Crippen LogP contribution in [0.15, 0.2) is 42.6 Å². The number of thioether (sulfide) groups is 1. The number of aryl methyl sites for hydroxylation is 1. The minimum absolute atomic E-state index is 0.152. The molecule has 1 saturated heterocycles. The van der Waals surface area contributed by atoms with Crippen molar-refractivity contribution in [2.24, 2.45) is 0 Å². The van der Waals surface area contributed by atoms with Gasteiger partial charge in [0.25, 0.3) is 5.91 Å². The summed E-state index contributed by atoms with van der Waals surface area (Å²) in [6, 6.07) is 11.4. The topological polar surface area (TPSA) is 51.2 Å². The second-order valence-electron chi connectivity index (χ2n) is 5.45. The normalized spacial score (nSPS) is 17.0. The number of hydrogen-bond donors (Lipinski definition) is 1. The van der Waals surface area contributed by atoms with Crippen LogP contribution < -0.4 is 10.1 Å². The van der Waals surface area contributed by atoms with Gasteiger partial charge in [0.15, 0.2) is 0 Å². The van der Waals surface area contributed by atoms with E-state index in [1.54, 1.807) is 18.3 Å². The minimum Gasteiger partial charge on any atom is -0.473 e. The van der Waals surface area contributed by atoms with Crippen molar-refractivity contribution in [2.45, 2.75) is 25.9 Å². The Hall–Kier alpha value is -2.01. The monoisotopic (exact) mass is 328 g/mol. The van der Waals surface area contributed by atoms with Crippen molar-refractivity contribution in [1.29, 1.82) is 0 Å². The molecule has 1 fully saturated rings. The van der Waals surface area contributed by atoms with Crippen LogP contribution in [-0.2, 0) is 6.42 Å². The molecule has 1 aliphatic rings. The molecule has 0 aliphatic carbocycles. The lowest BCUT2D eigenvalue weighted by molar-refractivity contribution is 0.102. The fourth-order valence-corrected chi connectivity index (χ4v) is 3.60. The number of pyridine rings is 1. The molecule has 1 aliphatic heterocycles. The summed E-state index contributed by atoms with van der Waals surface area (Å²) in [4.78, 5) is 16.6. The van der Waals surface area contributed by atoms with Crippen LogP contribution in [0.2, 0.25) is 0 Å². The first kappa shape index (κ1) is 15.9. The maximum absolute atomic E-state index is 12.3. The average Bonchev–Trinajstić information content (AvgIpc) is 3.09. The smallest absolute Gasteiger partial charge is 0.257 e. The number of hydrogen-bond acceptors (Lipinski definition) is 4. The quantitative estimate of drug-likeness (QED) is 0.907. The molecule has 120 valence electrons. The van der Waals surface area contributed by atoms with E-state index in [4.69, 9.17) is 4.74 Å². The van der Waals surface area contributed by atoms with Gasteiger partial charge < -0.3 is 10.1 Å². The van der Waals surface area contributed by atoms with Crippen LogP contribution in [0.3, 0.4) is 0 Å². The van der Waals surface area contributed by atoms with Crippen LogP contribution in [0, 0.1) is 0 Å². The predicted molar refractivity (Wildman–Crippen MR) is 94.4 cm³/mol.